The van der Waals surface area contributed by atoms with Gasteiger partial charge in [-0.3, -0.25) is 4.79 Å². The van der Waals surface area contributed by atoms with Crippen molar-refractivity contribution in [2.75, 3.05) is 31.2 Å². The molecule has 1 aromatic rings. The van der Waals surface area contributed by atoms with Crippen LogP contribution in [0, 0.1) is 0 Å². The fourth-order valence-corrected chi connectivity index (χ4v) is 3.22. The minimum absolute atomic E-state index is 0.762. The summed E-state index contributed by atoms with van der Waals surface area (Å²) in [6.07, 6.45) is 0.888. The lowest BCUT2D eigenvalue weighted by Crippen LogP contribution is -2.35. The standard InChI is InChI=1S/C9H10BrNO2S/c10-8-5-7(6-12)14-9(8)11-1-3-13-4-2-11/h5-6H,1-4H2. The maximum atomic E-state index is 10.6. The van der Waals surface area contributed by atoms with E-state index >= 15 is 0 Å². The van der Waals surface area contributed by atoms with Crippen LogP contribution >= 0.6 is 27.3 Å². The lowest BCUT2D eigenvalue weighted by molar-refractivity contribution is 0.112. The van der Waals surface area contributed by atoms with Crippen LogP contribution in [-0.2, 0) is 4.74 Å². The number of nitrogens with zero attached hydrogens (tertiary/aromatic N) is 1. The number of hydrogen-bond donors (Lipinski definition) is 0. The SMILES string of the molecule is O=Cc1cc(Br)c(N2CCOCC2)s1. The topological polar surface area (TPSA) is 29.5 Å². The van der Waals surface area contributed by atoms with Crippen LogP contribution in [0.4, 0.5) is 5.00 Å². The van der Waals surface area contributed by atoms with Crippen molar-refractivity contribution >= 4 is 38.6 Å². The number of halogens is 1. The van der Waals surface area contributed by atoms with E-state index in [-0.39, 0.29) is 0 Å². The molecule has 0 saturated carbocycles. The van der Waals surface area contributed by atoms with Crippen LogP contribution in [0.15, 0.2) is 10.5 Å². The molecule has 0 amide bonds. The van der Waals surface area contributed by atoms with E-state index in [4.69, 9.17) is 4.74 Å². The van der Waals surface area contributed by atoms with Gasteiger partial charge in [-0.15, -0.1) is 11.3 Å². The fraction of sp³-hybridized carbons (Fsp3) is 0.444. The predicted octanol–water partition coefficient (Wildman–Crippen LogP) is 2.16. The summed E-state index contributed by atoms with van der Waals surface area (Å²) < 4.78 is 6.28. The molecule has 14 heavy (non-hydrogen) atoms. The van der Waals surface area contributed by atoms with Gasteiger partial charge in [0.25, 0.3) is 0 Å². The Bertz CT molecular complexity index is 334. The molecule has 1 fully saturated rings. The van der Waals surface area contributed by atoms with E-state index in [1.807, 2.05) is 6.07 Å². The fourth-order valence-electron chi connectivity index (χ4n) is 1.42. The normalized spacial score (nSPS) is 17.1. The summed E-state index contributed by atoms with van der Waals surface area (Å²) in [6.45, 7) is 3.33. The third-order valence-corrected chi connectivity index (χ3v) is 4.09. The van der Waals surface area contributed by atoms with Crippen LogP contribution in [0.25, 0.3) is 0 Å². The number of morpholine rings is 1. The number of hydrogen-bond acceptors (Lipinski definition) is 4. The first-order valence-electron chi connectivity index (χ1n) is 4.38. The summed E-state index contributed by atoms with van der Waals surface area (Å²) in [4.78, 5) is 13.6. The van der Waals surface area contributed by atoms with Crippen molar-refractivity contribution in [2.45, 2.75) is 0 Å². The second-order valence-electron chi connectivity index (χ2n) is 3.02. The Balaban J connectivity index is 2.20. The van der Waals surface area contributed by atoms with Gasteiger partial charge in [0.05, 0.1) is 22.6 Å². The van der Waals surface area contributed by atoms with Gasteiger partial charge in [-0.05, 0) is 22.0 Å². The Kier molecular flexibility index (Phi) is 3.20. The first-order chi connectivity index (χ1) is 6.81. The minimum Gasteiger partial charge on any atom is -0.378 e. The second-order valence-corrected chi connectivity index (χ2v) is 4.94. The molecule has 1 aliphatic rings. The summed E-state index contributed by atoms with van der Waals surface area (Å²) in [5.74, 6) is 0. The van der Waals surface area contributed by atoms with E-state index in [9.17, 15) is 4.79 Å². The number of carbonyl (C=O) groups excluding carboxylic acids is 1. The van der Waals surface area contributed by atoms with Gasteiger partial charge in [-0.2, -0.15) is 0 Å². The lowest BCUT2D eigenvalue weighted by Gasteiger charge is -2.27. The molecule has 5 heteroatoms. The lowest BCUT2D eigenvalue weighted by atomic mass is 10.4. The van der Waals surface area contributed by atoms with Gasteiger partial charge in [0, 0.05) is 13.1 Å². The zero-order valence-corrected chi connectivity index (χ0v) is 9.94. The molecular weight excluding hydrogens is 266 g/mol. The largest absolute Gasteiger partial charge is 0.378 e. The summed E-state index contributed by atoms with van der Waals surface area (Å²) in [6, 6.07) is 1.86. The number of carbonyl (C=O) groups is 1. The van der Waals surface area contributed by atoms with E-state index in [1.54, 1.807) is 0 Å². The molecule has 0 aromatic carbocycles. The van der Waals surface area contributed by atoms with Gasteiger partial charge in [0.1, 0.15) is 5.00 Å². The van der Waals surface area contributed by atoms with Crippen LogP contribution in [-0.4, -0.2) is 32.6 Å². The summed E-state index contributed by atoms with van der Waals surface area (Å²) in [5.41, 5.74) is 0. The molecule has 1 aromatic heterocycles. The smallest absolute Gasteiger partial charge is 0.160 e. The van der Waals surface area contributed by atoms with Crippen molar-refractivity contribution < 1.29 is 9.53 Å². The average molecular weight is 276 g/mol. The molecule has 0 unspecified atom stereocenters. The van der Waals surface area contributed by atoms with Crippen LogP contribution in [0.3, 0.4) is 0 Å². The Morgan fingerprint density at radius 3 is 2.79 bits per heavy atom. The molecule has 76 valence electrons. The van der Waals surface area contributed by atoms with Crippen molar-refractivity contribution in [3.8, 4) is 0 Å². The molecule has 2 rings (SSSR count). The Labute approximate surface area is 94.8 Å². The van der Waals surface area contributed by atoms with Crippen molar-refractivity contribution in [3.05, 3.63) is 15.4 Å². The van der Waals surface area contributed by atoms with Gasteiger partial charge >= 0.3 is 0 Å². The molecule has 0 atom stereocenters. The van der Waals surface area contributed by atoms with Gasteiger partial charge in [0.15, 0.2) is 6.29 Å². The zero-order chi connectivity index (χ0) is 9.97. The van der Waals surface area contributed by atoms with E-state index in [1.165, 1.54) is 11.3 Å². The molecule has 1 saturated heterocycles. The van der Waals surface area contributed by atoms with Crippen LogP contribution < -0.4 is 4.90 Å². The molecule has 2 heterocycles. The quantitative estimate of drug-likeness (QED) is 0.775. The molecular formula is C9H10BrNO2S. The molecule has 3 nitrogen and oxygen atoms in total. The summed E-state index contributed by atoms with van der Waals surface area (Å²) in [7, 11) is 0. The first-order valence-corrected chi connectivity index (χ1v) is 5.99. The highest BCUT2D eigenvalue weighted by atomic mass is 79.9. The van der Waals surface area contributed by atoms with E-state index in [2.05, 4.69) is 20.8 Å². The molecule has 0 radical (unpaired) electrons. The van der Waals surface area contributed by atoms with E-state index in [0.717, 1.165) is 46.9 Å². The van der Waals surface area contributed by atoms with Gasteiger partial charge < -0.3 is 9.64 Å². The van der Waals surface area contributed by atoms with Crippen molar-refractivity contribution in [1.29, 1.82) is 0 Å². The predicted molar refractivity (Wildman–Crippen MR) is 60.4 cm³/mol. The van der Waals surface area contributed by atoms with Crippen LogP contribution in [0.2, 0.25) is 0 Å². The highest BCUT2D eigenvalue weighted by Gasteiger charge is 2.16. The van der Waals surface area contributed by atoms with Gasteiger partial charge in [-0.1, -0.05) is 0 Å². The molecule has 0 spiro atoms. The Hall–Kier alpha value is -0.390. The number of thiophene rings is 1. The van der Waals surface area contributed by atoms with Crippen molar-refractivity contribution in [3.63, 3.8) is 0 Å². The minimum atomic E-state index is 0.762. The average Bonchev–Trinajstić information content (AvgIpc) is 2.61. The Morgan fingerprint density at radius 2 is 2.21 bits per heavy atom. The maximum absolute atomic E-state index is 10.6. The highest BCUT2D eigenvalue weighted by molar-refractivity contribution is 9.10. The maximum Gasteiger partial charge on any atom is 0.160 e. The summed E-state index contributed by atoms with van der Waals surface area (Å²) >= 11 is 4.98. The van der Waals surface area contributed by atoms with Crippen molar-refractivity contribution in [2.24, 2.45) is 0 Å². The van der Waals surface area contributed by atoms with Gasteiger partial charge in [-0.25, -0.2) is 0 Å². The number of aldehydes is 1. The number of rotatable bonds is 2. The molecule has 0 bridgehead atoms. The second kappa shape index (κ2) is 4.42. The van der Waals surface area contributed by atoms with Gasteiger partial charge in [0.2, 0.25) is 0 Å². The first kappa shape index (κ1) is 10.1. The zero-order valence-electron chi connectivity index (χ0n) is 7.53. The van der Waals surface area contributed by atoms with Crippen molar-refractivity contribution in [1.82, 2.24) is 0 Å². The van der Waals surface area contributed by atoms with E-state index < -0.39 is 0 Å². The third kappa shape index (κ3) is 1.99. The third-order valence-electron chi connectivity index (χ3n) is 2.10. The molecule has 0 N–H and O–H groups in total. The van der Waals surface area contributed by atoms with E-state index in [0.29, 0.717) is 0 Å². The Morgan fingerprint density at radius 1 is 1.50 bits per heavy atom. The molecule has 0 aliphatic carbocycles. The van der Waals surface area contributed by atoms with Crippen LogP contribution in [0.1, 0.15) is 9.67 Å². The molecule has 1 aliphatic heterocycles. The van der Waals surface area contributed by atoms with Crippen LogP contribution in [0.5, 0.6) is 0 Å². The number of ether oxygens (including phenoxy) is 1. The highest BCUT2D eigenvalue weighted by Crippen LogP contribution is 2.35. The monoisotopic (exact) mass is 275 g/mol. The summed E-state index contributed by atoms with van der Waals surface area (Å²) in [5, 5.41) is 1.13. The number of anilines is 1.